The van der Waals surface area contributed by atoms with Gasteiger partial charge in [0.05, 0.1) is 11.1 Å². The molecule has 5 heteroatoms. The number of aryl methyl sites for hydroxylation is 1. The molecule has 1 unspecified atom stereocenters. The van der Waals surface area contributed by atoms with Crippen LogP contribution >= 0.6 is 15.9 Å². The first-order valence-corrected chi connectivity index (χ1v) is 9.17. The van der Waals surface area contributed by atoms with E-state index >= 15 is 4.39 Å². The minimum Gasteiger partial charge on any atom is -0.411 e. The van der Waals surface area contributed by atoms with Crippen LogP contribution in [0.1, 0.15) is 29.2 Å². The first-order valence-electron chi connectivity index (χ1n) is 8.38. The van der Waals surface area contributed by atoms with Crippen molar-refractivity contribution in [2.75, 3.05) is 0 Å². The van der Waals surface area contributed by atoms with Gasteiger partial charge in [0.25, 0.3) is 0 Å². The van der Waals surface area contributed by atoms with Crippen molar-refractivity contribution in [2.45, 2.75) is 19.3 Å². The maximum Gasteiger partial charge on any atom is 0.128 e. The molecule has 0 spiro atoms. The highest BCUT2D eigenvalue weighted by molar-refractivity contribution is 9.10. The molecule has 0 heterocycles. The van der Waals surface area contributed by atoms with E-state index in [4.69, 9.17) is 0 Å². The Hall–Kier alpha value is -2.53. The van der Waals surface area contributed by atoms with Gasteiger partial charge in [0.2, 0.25) is 0 Å². The fraction of sp³-hybridized carbons (Fsp3) is 0.136. The van der Waals surface area contributed by atoms with E-state index in [1.165, 1.54) is 6.07 Å². The average molecular weight is 430 g/mol. The molecule has 3 aromatic carbocycles. The Balaban J connectivity index is 2.52. The van der Waals surface area contributed by atoms with Crippen LogP contribution in [0, 0.1) is 18.6 Å². The van der Waals surface area contributed by atoms with Crippen LogP contribution in [-0.2, 0) is 5.41 Å². The van der Waals surface area contributed by atoms with E-state index in [1.807, 2.05) is 55.5 Å². The summed E-state index contributed by atoms with van der Waals surface area (Å²) in [6.45, 7) is 3.50. The number of oxime groups is 1. The minimum atomic E-state index is -1.28. The van der Waals surface area contributed by atoms with Gasteiger partial charge in [-0.2, -0.15) is 0 Å². The Kier molecular flexibility index (Phi) is 5.42. The van der Waals surface area contributed by atoms with Crippen molar-refractivity contribution in [2.24, 2.45) is 5.16 Å². The van der Waals surface area contributed by atoms with Crippen molar-refractivity contribution >= 4 is 21.6 Å². The quantitative estimate of drug-likeness (QED) is 0.227. The molecular formula is C22H18BrF2NO. The highest BCUT2D eigenvalue weighted by atomic mass is 79.9. The van der Waals surface area contributed by atoms with Gasteiger partial charge < -0.3 is 5.21 Å². The fourth-order valence-corrected chi connectivity index (χ4v) is 3.87. The molecule has 0 aromatic heterocycles. The third-order valence-electron chi connectivity index (χ3n) is 4.85. The second-order valence-electron chi connectivity index (χ2n) is 6.38. The molecule has 0 aliphatic carbocycles. The van der Waals surface area contributed by atoms with E-state index < -0.39 is 17.0 Å². The zero-order chi connectivity index (χ0) is 19.6. The van der Waals surface area contributed by atoms with Crippen molar-refractivity contribution in [1.82, 2.24) is 0 Å². The molecule has 1 atom stereocenters. The lowest BCUT2D eigenvalue weighted by Gasteiger charge is -2.36. The Morgan fingerprint density at radius 1 is 0.963 bits per heavy atom. The normalized spacial score (nSPS) is 14.0. The maximum atomic E-state index is 15.0. The maximum absolute atomic E-state index is 15.0. The van der Waals surface area contributed by atoms with Crippen molar-refractivity contribution in [3.05, 3.63) is 105 Å². The summed E-state index contributed by atoms with van der Waals surface area (Å²) in [7, 11) is 0. The highest BCUT2D eigenvalue weighted by Gasteiger charge is 2.43. The summed E-state index contributed by atoms with van der Waals surface area (Å²) in [6, 6.07) is 18.1. The van der Waals surface area contributed by atoms with Crippen LogP contribution in [0.4, 0.5) is 8.78 Å². The summed E-state index contributed by atoms with van der Waals surface area (Å²) >= 11 is 3.41. The van der Waals surface area contributed by atoms with Crippen LogP contribution in [0.3, 0.4) is 0 Å². The van der Waals surface area contributed by atoms with Gasteiger partial charge in [-0.3, -0.25) is 0 Å². The second-order valence-corrected chi connectivity index (χ2v) is 7.30. The molecule has 0 aliphatic rings. The first kappa shape index (κ1) is 19.2. The summed E-state index contributed by atoms with van der Waals surface area (Å²) < 4.78 is 30.0. The fourth-order valence-electron chi connectivity index (χ4n) is 3.61. The van der Waals surface area contributed by atoms with Gasteiger partial charge in [-0.25, -0.2) is 8.78 Å². The predicted molar refractivity (Wildman–Crippen MR) is 106 cm³/mol. The van der Waals surface area contributed by atoms with Crippen LogP contribution in [0.15, 0.2) is 76.4 Å². The van der Waals surface area contributed by atoms with Gasteiger partial charge in [-0.15, -0.1) is 0 Å². The Bertz CT molecular complexity index is 1000. The van der Waals surface area contributed by atoms with Crippen molar-refractivity contribution < 1.29 is 14.0 Å². The Morgan fingerprint density at radius 2 is 1.63 bits per heavy atom. The van der Waals surface area contributed by atoms with Crippen LogP contribution in [0.25, 0.3) is 0 Å². The van der Waals surface area contributed by atoms with Crippen molar-refractivity contribution in [3.63, 3.8) is 0 Å². The molecule has 0 radical (unpaired) electrons. The molecule has 0 saturated heterocycles. The van der Waals surface area contributed by atoms with Gasteiger partial charge in [-0.1, -0.05) is 57.5 Å². The molecule has 3 aromatic rings. The number of hydrogen-bond donors (Lipinski definition) is 1. The Morgan fingerprint density at radius 3 is 2.26 bits per heavy atom. The monoisotopic (exact) mass is 429 g/mol. The highest BCUT2D eigenvalue weighted by Crippen LogP contribution is 2.43. The third-order valence-corrected chi connectivity index (χ3v) is 5.38. The van der Waals surface area contributed by atoms with Crippen LogP contribution in [0.2, 0.25) is 0 Å². The molecule has 2 nitrogen and oxygen atoms in total. The standard InChI is InChI=1S/C22H18BrF2NO/c1-14-5-3-4-6-19(14)22(15(2)26-27,16-7-9-17(23)10-8-16)20-13-18(24)11-12-21(20)25/h3-13,27H,1-2H3/b26-15-. The lowest BCUT2D eigenvalue weighted by molar-refractivity contribution is 0.315. The second kappa shape index (κ2) is 7.61. The number of benzene rings is 3. The first-order chi connectivity index (χ1) is 12.9. The van der Waals surface area contributed by atoms with Crippen LogP contribution in [0.5, 0.6) is 0 Å². The molecule has 0 saturated carbocycles. The molecule has 0 amide bonds. The SMILES string of the molecule is C/C(=N/O)C(c1ccc(Br)cc1)(c1ccccc1C)c1cc(F)ccc1F. The van der Waals surface area contributed by atoms with Gasteiger partial charge in [0, 0.05) is 10.0 Å². The van der Waals surface area contributed by atoms with Crippen LogP contribution < -0.4 is 0 Å². The van der Waals surface area contributed by atoms with Gasteiger partial charge in [0.15, 0.2) is 0 Å². The van der Waals surface area contributed by atoms with E-state index in [1.54, 1.807) is 6.92 Å². The number of rotatable bonds is 4. The number of halogens is 3. The Labute approximate surface area is 165 Å². The molecule has 0 fully saturated rings. The molecule has 0 aliphatic heterocycles. The van der Waals surface area contributed by atoms with E-state index in [2.05, 4.69) is 21.1 Å². The summed E-state index contributed by atoms with van der Waals surface area (Å²) in [5.41, 5.74) is 1.30. The molecule has 1 N–H and O–H groups in total. The zero-order valence-corrected chi connectivity index (χ0v) is 16.5. The summed E-state index contributed by atoms with van der Waals surface area (Å²) in [5.74, 6) is -1.14. The average Bonchev–Trinajstić information content (AvgIpc) is 2.67. The van der Waals surface area contributed by atoms with Gasteiger partial charge in [-0.05, 0) is 60.9 Å². The van der Waals surface area contributed by atoms with Crippen molar-refractivity contribution in [3.8, 4) is 0 Å². The zero-order valence-electron chi connectivity index (χ0n) is 14.9. The van der Waals surface area contributed by atoms with E-state index in [0.29, 0.717) is 11.1 Å². The predicted octanol–water partition coefficient (Wildman–Crippen LogP) is 6.22. The largest absolute Gasteiger partial charge is 0.411 e. The van der Waals surface area contributed by atoms with Gasteiger partial charge in [0.1, 0.15) is 11.6 Å². The third kappa shape index (κ3) is 3.28. The van der Waals surface area contributed by atoms with Crippen molar-refractivity contribution in [1.29, 1.82) is 0 Å². The molecular weight excluding hydrogens is 412 g/mol. The summed E-state index contributed by atoms with van der Waals surface area (Å²) in [6.07, 6.45) is 0. The number of hydrogen-bond acceptors (Lipinski definition) is 2. The molecule has 27 heavy (non-hydrogen) atoms. The topological polar surface area (TPSA) is 32.6 Å². The van der Waals surface area contributed by atoms with E-state index in [-0.39, 0.29) is 11.3 Å². The van der Waals surface area contributed by atoms with E-state index in [0.717, 1.165) is 22.2 Å². The number of nitrogens with zero attached hydrogens (tertiary/aromatic N) is 1. The lowest BCUT2D eigenvalue weighted by Crippen LogP contribution is -2.39. The van der Waals surface area contributed by atoms with Crippen LogP contribution in [-0.4, -0.2) is 10.9 Å². The summed E-state index contributed by atoms with van der Waals surface area (Å²) in [4.78, 5) is 0. The molecule has 0 bridgehead atoms. The molecule has 138 valence electrons. The lowest BCUT2D eigenvalue weighted by atomic mass is 9.65. The smallest absolute Gasteiger partial charge is 0.128 e. The molecule has 3 rings (SSSR count). The summed E-state index contributed by atoms with van der Waals surface area (Å²) in [5, 5.41) is 13.2. The van der Waals surface area contributed by atoms with Gasteiger partial charge >= 0.3 is 0 Å². The van der Waals surface area contributed by atoms with E-state index in [9.17, 15) is 9.60 Å². The minimum absolute atomic E-state index is 0.0921.